The van der Waals surface area contributed by atoms with Gasteiger partial charge in [-0.1, -0.05) is 12.1 Å². The number of carbonyl (C=O) groups is 2. The second-order valence-corrected chi connectivity index (χ2v) is 5.29. The van der Waals surface area contributed by atoms with Crippen molar-refractivity contribution in [1.29, 1.82) is 0 Å². The van der Waals surface area contributed by atoms with Crippen molar-refractivity contribution in [2.75, 3.05) is 13.2 Å². The van der Waals surface area contributed by atoms with Crippen LogP contribution < -0.4 is 15.5 Å². The Bertz CT molecular complexity index is 849. The summed E-state index contributed by atoms with van der Waals surface area (Å²) in [5, 5.41) is 16.9. The zero-order valence-corrected chi connectivity index (χ0v) is 14.5. The molecular formula is C18H18N4O5. The van der Waals surface area contributed by atoms with E-state index in [0.717, 1.165) is 0 Å². The van der Waals surface area contributed by atoms with E-state index in [1.165, 1.54) is 24.4 Å². The number of rotatable bonds is 8. The molecule has 0 atom stereocenters. The molecule has 9 nitrogen and oxygen atoms in total. The molecular weight excluding hydrogens is 352 g/mol. The summed E-state index contributed by atoms with van der Waals surface area (Å²) >= 11 is 0. The summed E-state index contributed by atoms with van der Waals surface area (Å²) < 4.78 is 5.29. The van der Waals surface area contributed by atoms with Gasteiger partial charge in [-0.15, -0.1) is 0 Å². The molecule has 0 fully saturated rings. The maximum atomic E-state index is 12.0. The fourth-order valence-corrected chi connectivity index (χ4v) is 2.07. The highest BCUT2D eigenvalue weighted by Gasteiger charge is 2.08. The third kappa shape index (κ3) is 6.24. The lowest BCUT2D eigenvalue weighted by Gasteiger charge is -2.06. The summed E-state index contributed by atoms with van der Waals surface area (Å²) in [4.78, 5) is 33.9. The van der Waals surface area contributed by atoms with Crippen molar-refractivity contribution in [2.24, 2.45) is 5.10 Å². The number of hydrogen-bond donors (Lipinski definition) is 2. The molecule has 0 aromatic heterocycles. The number of hydrazone groups is 1. The van der Waals surface area contributed by atoms with Crippen LogP contribution in [-0.4, -0.2) is 36.1 Å². The van der Waals surface area contributed by atoms with Gasteiger partial charge in [0.25, 0.3) is 17.5 Å². The Hall–Kier alpha value is -3.75. The highest BCUT2D eigenvalue weighted by molar-refractivity contribution is 5.96. The van der Waals surface area contributed by atoms with Crippen LogP contribution in [0.2, 0.25) is 0 Å². The van der Waals surface area contributed by atoms with E-state index in [1.54, 1.807) is 30.3 Å². The molecule has 0 heterocycles. The van der Waals surface area contributed by atoms with E-state index in [2.05, 4.69) is 15.8 Å². The van der Waals surface area contributed by atoms with Crippen LogP contribution in [0.3, 0.4) is 0 Å². The summed E-state index contributed by atoms with van der Waals surface area (Å²) in [7, 11) is 0. The molecule has 0 saturated carbocycles. The molecule has 0 aliphatic carbocycles. The van der Waals surface area contributed by atoms with E-state index >= 15 is 0 Å². The number of nitro benzene ring substituents is 1. The van der Waals surface area contributed by atoms with Crippen molar-refractivity contribution in [3.8, 4) is 5.75 Å². The summed E-state index contributed by atoms with van der Waals surface area (Å²) in [6.07, 6.45) is 1.28. The average Bonchev–Trinajstić information content (AvgIpc) is 2.67. The van der Waals surface area contributed by atoms with Crippen molar-refractivity contribution in [3.05, 3.63) is 69.8 Å². The molecule has 9 heteroatoms. The molecule has 2 aromatic rings. The number of amides is 2. The highest BCUT2D eigenvalue weighted by atomic mass is 16.6. The molecule has 0 aliphatic heterocycles. The molecule has 2 rings (SSSR count). The largest absolute Gasteiger partial charge is 0.494 e. The lowest BCUT2D eigenvalue weighted by atomic mass is 10.2. The molecule has 2 amide bonds. The minimum absolute atomic E-state index is 0.0760. The lowest BCUT2D eigenvalue weighted by molar-refractivity contribution is -0.384. The minimum atomic E-state index is -0.532. The van der Waals surface area contributed by atoms with Gasteiger partial charge in [0.05, 0.1) is 24.3 Å². The van der Waals surface area contributed by atoms with Crippen LogP contribution in [-0.2, 0) is 4.79 Å². The summed E-state index contributed by atoms with van der Waals surface area (Å²) in [5.41, 5.74) is 3.02. The molecule has 0 aliphatic rings. The monoisotopic (exact) mass is 370 g/mol. The van der Waals surface area contributed by atoms with Crippen LogP contribution in [0.1, 0.15) is 22.8 Å². The number of ether oxygens (including phenoxy) is 1. The summed E-state index contributed by atoms with van der Waals surface area (Å²) in [5.74, 6) is -0.283. The van der Waals surface area contributed by atoms with Crippen LogP contribution in [0.15, 0.2) is 53.6 Å². The first-order valence-corrected chi connectivity index (χ1v) is 8.07. The van der Waals surface area contributed by atoms with Crippen LogP contribution >= 0.6 is 0 Å². The average molecular weight is 370 g/mol. The second-order valence-electron chi connectivity index (χ2n) is 5.29. The number of nitrogens with zero attached hydrogens (tertiary/aromatic N) is 2. The first-order valence-electron chi connectivity index (χ1n) is 8.07. The maximum Gasteiger partial charge on any atom is 0.270 e. The highest BCUT2D eigenvalue weighted by Crippen LogP contribution is 2.12. The number of benzene rings is 2. The van der Waals surface area contributed by atoms with Crippen molar-refractivity contribution in [2.45, 2.75) is 6.92 Å². The maximum absolute atomic E-state index is 12.0. The topological polar surface area (TPSA) is 123 Å². The zero-order chi connectivity index (χ0) is 19.6. The van der Waals surface area contributed by atoms with Gasteiger partial charge in [0.1, 0.15) is 5.75 Å². The van der Waals surface area contributed by atoms with E-state index in [1.807, 2.05) is 6.92 Å². The number of nitro groups is 1. The second kappa shape index (κ2) is 9.66. The Morgan fingerprint density at radius 1 is 1.22 bits per heavy atom. The Morgan fingerprint density at radius 3 is 2.63 bits per heavy atom. The first kappa shape index (κ1) is 19.6. The fraction of sp³-hybridized carbons (Fsp3) is 0.167. The number of nitrogens with one attached hydrogen (secondary N) is 2. The smallest absolute Gasteiger partial charge is 0.270 e. The van der Waals surface area contributed by atoms with Gasteiger partial charge in [-0.05, 0) is 31.2 Å². The van der Waals surface area contributed by atoms with Crippen molar-refractivity contribution in [1.82, 2.24) is 10.7 Å². The van der Waals surface area contributed by atoms with Gasteiger partial charge in [0.2, 0.25) is 0 Å². The quantitative estimate of drug-likeness (QED) is 0.417. The van der Waals surface area contributed by atoms with E-state index in [4.69, 9.17) is 4.74 Å². The predicted molar refractivity (Wildman–Crippen MR) is 98.8 cm³/mol. The molecule has 0 unspecified atom stereocenters. The van der Waals surface area contributed by atoms with Crippen LogP contribution in [0.25, 0.3) is 0 Å². The van der Waals surface area contributed by atoms with Crippen LogP contribution in [0.4, 0.5) is 5.69 Å². The van der Waals surface area contributed by atoms with E-state index < -0.39 is 16.7 Å². The van der Waals surface area contributed by atoms with Gasteiger partial charge in [0.15, 0.2) is 0 Å². The van der Waals surface area contributed by atoms with Crippen molar-refractivity contribution >= 4 is 23.7 Å². The molecule has 140 valence electrons. The normalized spacial score (nSPS) is 10.4. The van der Waals surface area contributed by atoms with E-state index in [-0.39, 0.29) is 12.2 Å². The van der Waals surface area contributed by atoms with Gasteiger partial charge in [-0.25, -0.2) is 5.43 Å². The molecule has 2 N–H and O–H groups in total. The van der Waals surface area contributed by atoms with Gasteiger partial charge in [-0.2, -0.15) is 5.10 Å². The summed E-state index contributed by atoms with van der Waals surface area (Å²) in [6.45, 7) is 2.13. The summed E-state index contributed by atoms with van der Waals surface area (Å²) in [6, 6.07) is 12.3. The molecule has 2 aromatic carbocycles. The Balaban J connectivity index is 1.81. The fourth-order valence-electron chi connectivity index (χ4n) is 2.07. The number of carbonyl (C=O) groups excluding carboxylic acids is 2. The van der Waals surface area contributed by atoms with Crippen molar-refractivity contribution in [3.63, 3.8) is 0 Å². The number of non-ortho nitro benzene ring substituents is 1. The van der Waals surface area contributed by atoms with E-state index in [0.29, 0.717) is 23.5 Å². The van der Waals surface area contributed by atoms with E-state index in [9.17, 15) is 19.7 Å². The molecule has 27 heavy (non-hydrogen) atoms. The minimum Gasteiger partial charge on any atom is -0.494 e. The van der Waals surface area contributed by atoms with Crippen LogP contribution in [0, 0.1) is 10.1 Å². The third-order valence-electron chi connectivity index (χ3n) is 3.32. The number of hydrogen-bond acceptors (Lipinski definition) is 6. The third-order valence-corrected chi connectivity index (χ3v) is 3.32. The Kier molecular flexibility index (Phi) is 7.00. The predicted octanol–water partition coefficient (Wildman–Crippen LogP) is 1.87. The van der Waals surface area contributed by atoms with Gasteiger partial charge in [0, 0.05) is 23.3 Å². The zero-order valence-electron chi connectivity index (χ0n) is 14.5. The Labute approximate surface area is 155 Å². The van der Waals surface area contributed by atoms with Crippen molar-refractivity contribution < 1.29 is 19.2 Å². The lowest BCUT2D eigenvalue weighted by Crippen LogP contribution is -2.34. The molecule has 0 saturated heterocycles. The van der Waals surface area contributed by atoms with Gasteiger partial charge in [-0.3, -0.25) is 19.7 Å². The SMILES string of the molecule is CCOc1ccc(C(=O)NCC(=O)NN=Cc2cccc([N+](=O)[O-])c2)cc1. The molecule has 0 bridgehead atoms. The standard InChI is InChI=1S/C18H18N4O5/c1-2-27-16-8-6-14(7-9-16)18(24)19-12-17(23)21-20-11-13-4-3-5-15(10-13)22(25)26/h3-11H,2,12H2,1H3,(H,19,24)(H,21,23). The van der Waals surface area contributed by atoms with Gasteiger partial charge < -0.3 is 10.1 Å². The van der Waals surface area contributed by atoms with Gasteiger partial charge >= 0.3 is 0 Å². The Morgan fingerprint density at radius 2 is 1.96 bits per heavy atom. The molecule has 0 spiro atoms. The van der Waals surface area contributed by atoms with Crippen LogP contribution in [0.5, 0.6) is 5.75 Å². The molecule has 0 radical (unpaired) electrons. The first-order chi connectivity index (χ1) is 13.0.